The second kappa shape index (κ2) is 9.03. The lowest BCUT2D eigenvalue weighted by atomic mass is 9.96. The van der Waals surface area contributed by atoms with Crippen molar-refractivity contribution in [2.45, 2.75) is 43.2 Å². The molecule has 3 aliphatic heterocycles. The highest BCUT2D eigenvalue weighted by molar-refractivity contribution is 8.76. The molecular weight excluding hydrogens is 491 g/mol. The van der Waals surface area contributed by atoms with Crippen molar-refractivity contribution >= 4 is 46.3 Å². The summed E-state index contributed by atoms with van der Waals surface area (Å²) in [7, 11) is -0.810. The van der Waals surface area contributed by atoms with Crippen LogP contribution in [0.1, 0.15) is 13.2 Å². The first-order valence-corrected chi connectivity index (χ1v) is 14.1. The molecule has 0 spiro atoms. The van der Waals surface area contributed by atoms with Crippen molar-refractivity contribution in [3.05, 3.63) is 18.6 Å². The van der Waals surface area contributed by atoms with Gasteiger partial charge in [0.2, 0.25) is 0 Å². The molecular formula is C19H23N4O7PS2. The highest BCUT2D eigenvalue weighted by atomic mass is 33.1. The zero-order chi connectivity index (χ0) is 23.2. The number of ether oxygens (including phenoxy) is 2. The van der Waals surface area contributed by atoms with E-state index in [-0.39, 0.29) is 19.3 Å². The topological polar surface area (TPSA) is 140 Å². The molecule has 5 heterocycles. The summed E-state index contributed by atoms with van der Waals surface area (Å²) in [4.78, 5) is 8.25. The standard InChI is InChI=1S/C19H23N4O7PS2/c1-3-6-26-13-8-32-33-9-14(13)29-31(25)27-7-12-15(30-31)19(2,24)18(28-12)23-5-4-11-16(20)21-10-22-17(11)23/h1,4-5,10,12-15,18,24H,6-9H2,2H3,(H2,20,21,22)/t12-,13+,14+,15-,18-,19-,31?/m1/s1. The number of hydrogen-bond acceptors (Lipinski definition) is 12. The van der Waals surface area contributed by atoms with Crippen LogP contribution in [0.25, 0.3) is 11.0 Å². The molecule has 0 aliphatic carbocycles. The molecule has 3 fully saturated rings. The third kappa shape index (κ3) is 4.29. The van der Waals surface area contributed by atoms with Crippen molar-refractivity contribution in [2.75, 3.05) is 30.5 Å². The van der Waals surface area contributed by atoms with Crippen molar-refractivity contribution in [1.82, 2.24) is 14.5 Å². The van der Waals surface area contributed by atoms with Crippen LogP contribution in [-0.4, -0.2) is 74.4 Å². The summed E-state index contributed by atoms with van der Waals surface area (Å²) in [5, 5.41) is 12.1. The number of rotatable bonds is 5. The third-order valence-electron chi connectivity index (χ3n) is 5.76. The molecule has 3 aliphatic rings. The van der Waals surface area contributed by atoms with Crippen LogP contribution in [0.2, 0.25) is 0 Å². The van der Waals surface area contributed by atoms with Crippen molar-refractivity contribution < 1.29 is 32.7 Å². The molecule has 0 amide bonds. The molecule has 1 unspecified atom stereocenters. The lowest BCUT2D eigenvalue weighted by Crippen LogP contribution is -2.48. The van der Waals surface area contributed by atoms with Gasteiger partial charge in [-0.25, -0.2) is 14.5 Å². The summed E-state index contributed by atoms with van der Waals surface area (Å²) in [6.07, 6.45) is 4.92. The molecule has 0 bridgehead atoms. The zero-order valence-electron chi connectivity index (χ0n) is 17.6. The number of nitrogens with two attached hydrogens (primary N) is 1. The second-order valence-electron chi connectivity index (χ2n) is 8.01. The molecule has 3 saturated heterocycles. The van der Waals surface area contributed by atoms with Crippen LogP contribution in [0, 0.1) is 12.3 Å². The Kier molecular flexibility index (Phi) is 6.41. The van der Waals surface area contributed by atoms with Crippen LogP contribution < -0.4 is 5.73 Å². The van der Waals surface area contributed by atoms with Crippen molar-refractivity contribution in [2.24, 2.45) is 0 Å². The quantitative estimate of drug-likeness (QED) is 0.342. The Morgan fingerprint density at radius 2 is 2.21 bits per heavy atom. The maximum Gasteiger partial charge on any atom is 0.475 e. The number of hydrogen-bond donors (Lipinski definition) is 2. The normalized spacial score (nSPS) is 38.8. The lowest BCUT2D eigenvalue weighted by Gasteiger charge is -2.38. The minimum absolute atomic E-state index is 0.0740. The van der Waals surface area contributed by atoms with E-state index in [0.29, 0.717) is 28.4 Å². The lowest BCUT2D eigenvalue weighted by molar-refractivity contribution is -0.0954. The number of anilines is 1. The first-order chi connectivity index (χ1) is 15.8. The van der Waals surface area contributed by atoms with Gasteiger partial charge in [-0.2, -0.15) is 0 Å². The molecule has 7 atom stereocenters. The van der Waals surface area contributed by atoms with Crippen LogP contribution in [0.15, 0.2) is 18.6 Å². The van der Waals surface area contributed by atoms with E-state index in [1.807, 2.05) is 0 Å². The van der Waals surface area contributed by atoms with Crippen molar-refractivity contribution in [3.8, 4) is 12.3 Å². The Balaban J connectivity index is 1.36. The zero-order valence-corrected chi connectivity index (χ0v) is 20.1. The molecule has 2 aromatic heterocycles. The number of fused-ring (bicyclic) bond motifs is 2. The molecule has 14 heteroatoms. The fourth-order valence-electron chi connectivity index (χ4n) is 4.13. The van der Waals surface area contributed by atoms with E-state index in [1.165, 1.54) is 6.33 Å². The van der Waals surface area contributed by atoms with E-state index in [2.05, 4.69) is 15.9 Å². The molecule has 33 heavy (non-hydrogen) atoms. The summed E-state index contributed by atoms with van der Waals surface area (Å²) in [5.41, 5.74) is 4.85. The van der Waals surface area contributed by atoms with Gasteiger partial charge in [0.1, 0.15) is 48.3 Å². The highest BCUT2D eigenvalue weighted by Gasteiger charge is 2.60. The van der Waals surface area contributed by atoms with Gasteiger partial charge >= 0.3 is 7.82 Å². The fraction of sp³-hybridized carbons (Fsp3) is 0.579. The molecule has 11 nitrogen and oxygen atoms in total. The predicted octanol–water partition coefficient (Wildman–Crippen LogP) is 1.98. The second-order valence-corrected chi connectivity index (χ2v) is 12.1. The maximum absolute atomic E-state index is 13.4. The van der Waals surface area contributed by atoms with E-state index in [0.717, 1.165) is 0 Å². The highest BCUT2D eigenvalue weighted by Crippen LogP contribution is 2.60. The van der Waals surface area contributed by atoms with Gasteiger partial charge in [0.15, 0.2) is 6.23 Å². The number of phosphoric ester groups is 1. The van der Waals surface area contributed by atoms with E-state index in [4.69, 9.17) is 35.2 Å². The summed E-state index contributed by atoms with van der Waals surface area (Å²) in [6.45, 7) is 1.60. The van der Waals surface area contributed by atoms with E-state index in [1.54, 1.807) is 45.3 Å². The van der Waals surface area contributed by atoms with Crippen LogP contribution >= 0.6 is 29.4 Å². The van der Waals surface area contributed by atoms with E-state index >= 15 is 0 Å². The van der Waals surface area contributed by atoms with Gasteiger partial charge in [-0.05, 0) is 13.0 Å². The van der Waals surface area contributed by atoms with Crippen LogP contribution in [-0.2, 0) is 27.6 Å². The molecule has 3 N–H and O–H groups in total. The summed E-state index contributed by atoms with van der Waals surface area (Å²) >= 11 is 0. The Labute approximate surface area is 198 Å². The Morgan fingerprint density at radius 3 is 3.00 bits per heavy atom. The SMILES string of the molecule is C#CCO[C@H]1CSSC[C@@H]1OP1(=O)OC[C@H]2O[C@@H](n3ccc4c(N)ncnc43)[C@](C)(O)[C@@H]2O1. The summed E-state index contributed by atoms with van der Waals surface area (Å²) in [6, 6.07) is 1.74. The minimum atomic E-state index is -4.01. The molecule has 0 saturated carbocycles. The Hall–Kier alpha value is -1.33. The van der Waals surface area contributed by atoms with Crippen LogP contribution in [0.5, 0.6) is 0 Å². The summed E-state index contributed by atoms with van der Waals surface area (Å²) < 4.78 is 43.9. The van der Waals surface area contributed by atoms with Gasteiger partial charge < -0.3 is 24.9 Å². The molecule has 2 aromatic rings. The van der Waals surface area contributed by atoms with E-state index in [9.17, 15) is 9.67 Å². The first kappa shape index (κ1) is 23.4. The van der Waals surface area contributed by atoms with Crippen LogP contribution in [0.4, 0.5) is 5.82 Å². The fourth-order valence-corrected chi connectivity index (χ4v) is 8.34. The monoisotopic (exact) mass is 514 g/mol. The first-order valence-electron chi connectivity index (χ1n) is 10.2. The van der Waals surface area contributed by atoms with Gasteiger partial charge in [-0.15, -0.1) is 6.42 Å². The number of aliphatic hydroxyl groups is 1. The number of phosphoric acid groups is 1. The van der Waals surface area contributed by atoms with Gasteiger partial charge in [0.25, 0.3) is 0 Å². The molecule has 0 radical (unpaired) electrons. The average Bonchev–Trinajstić information content (AvgIpc) is 3.32. The van der Waals surface area contributed by atoms with Crippen molar-refractivity contribution in [1.29, 1.82) is 0 Å². The number of nitrogen functional groups attached to an aromatic ring is 1. The van der Waals surface area contributed by atoms with Gasteiger partial charge in [-0.1, -0.05) is 27.5 Å². The smallest absolute Gasteiger partial charge is 0.383 e. The number of terminal acetylenes is 1. The van der Waals surface area contributed by atoms with Crippen molar-refractivity contribution in [3.63, 3.8) is 0 Å². The third-order valence-corrected chi connectivity index (χ3v) is 9.65. The Bertz CT molecular complexity index is 1130. The van der Waals surface area contributed by atoms with E-state index < -0.39 is 38.0 Å². The van der Waals surface area contributed by atoms with Gasteiger partial charge in [0.05, 0.1) is 18.1 Å². The maximum atomic E-state index is 13.4. The predicted molar refractivity (Wildman–Crippen MR) is 123 cm³/mol. The largest absolute Gasteiger partial charge is 0.475 e. The summed E-state index contributed by atoms with van der Waals surface area (Å²) in [5.74, 6) is 3.89. The van der Waals surface area contributed by atoms with Gasteiger partial charge in [0, 0.05) is 17.7 Å². The van der Waals surface area contributed by atoms with Gasteiger partial charge in [-0.3, -0.25) is 13.6 Å². The molecule has 178 valence electrons. The molecule has 0 aromatic carbocycles. The number of nitrogens with zero attached hydrogens (tertiary/aromatic N) is 3. The average molecular weight is 515 g/mol. The van der Waals surface area contributed by atoms with Crippen LogP contribution in [0.3, 0.4) is 0 Å². The Morgan fingerprint density at radius 1 is 1.42 bits per heavy atom. The molecule has 5 rings (SSSR count). The number of aromatic nitrogens is 3. The minimum Gasteiger partial charge on any atom is -0.383 e.